The van der Waals surface area contributed by atoms with Gasteiger partial charge in [-0.3, -0.25) is 9.80 Å². The number of nitrogens with zero attached hydrogens (tertiary/aromatic N) is 4. The molecule has 0 amide bonds. The Morgan fingerprint density at radius 3 is 2.88 bits per heavy atom. The van der Waals surface area contributed by atoms with Crippen molar-refractivity contribution in [2.24, 2.45) is 0 Å². The van der Waals surface area contributed by atoms with E-state index in [0.29, 0.717) is 5.89 Å². The Bertz CT molecular complexity index is 704. The van der Waals surface area contributed by atoms with Crippen LogP contribution in [0.3, 0.4) is 0 Å². The minimum absolute atomic E-state index is 0.146. The van der Waals surface area contributed by atoms with Gasteiger partial charge in [0.25, 0.3) is 0 Å². The summed E-state index contributed by atoms with van der Waals surface area (Å²) in [6, 6.07) is 7.01. The van der Waals surface area contributed by atoms with Crippen molar-refractivity contribution in [2.45, 2.75) is 31.5 Å². The van der Waals surface area contributed by atoms with Crippen LogP contribution in [0.1, 0.15) is 42.2 Å². The number of halogens is 1. The molecule has 6 nitrogen and oxygen atoms in total. The van der Waals surface area contributed by atoms with Gasteiger partial charge in [0.15, 0.2) is 5.82 Å². The lowest BCUT2D eigenvalue weighted by Gasteiger charge is -2.30. The third-order valence-corrected chi connectivity index (χ3v) is 5.21. The van der Waals surface area contributed by atoms with Gasteiger partial charge in [-0.15, -0.1) is 0 Å². The van der Waals surface area contributed by atoms with E-state index in [9.17, 15) is 4.39 Å². The lowest BCUT2D eigenvalue weighted by atomic mass is 10.1. The van der Waals surface area contributed by atoms with Crippen LogP contribution in [0.25, 0.3) is 0 Å². The molecule has 1 aromatic heterocycles. The molecule has 0 radical (unpaired) electrons. The molecule has 7 heteroatoms. The number of piperazine rings is 1. The third kappa shape index (κ3) is 3.58. The lowest BCUT2D eigenvalue weighted by Crippen LogP contribution is -2.44. The number of hydrogen-bond donors (Lipinski definition) is 1. The molecule has 0 saturated carbocycles. The van der Waals surface area contributed by atoms with Crippen LogP contribution in [-0.4, -0.2) is 53.2 Å². The predicted octanol–water partition coefficient (Wildman–Crippen LogP) is 2.12. The second-order valence-electron chi connectivity index (χ2n) is 6.95. The molecule has 134 valence electrons. The Morgan fingerprint density at radius 2 is 2.08 bits per heavy atom. The molecule has 4 rings (SSSR count). The summed E-state index contributed by atoms with van der Waals surface area (Å²) >= 11 is 0. The summed E-state index contributed by atoms with van der Waals surface area (Å²) in [6.45, 7) is 4.58. The van der Waals surface area contributed by atoms with E-state index in [0.717, 1.165) is 57.0 Å². The highest BCUT2D eigenvalue weighted by atomic mass is 19.1. The first kappa shape index (κ1) is 16.6. The summed E-state index contributed by atoms with van der Waals surface area (Å²) in [5, 5.41) is 7.63. The number of likely N-dealkylation sites (tertiary alicyclic amines) is 1. The van der Waals surface area contributed by atoms with Crippen molar-refractivity contribution in [1.82, 2.24) is 25.3 Å². The monoisotopic (exact) mass is 345 g/mol. The van der Waals surface area contributed by atoms with Crippen LogP contribution in [0.4, 0.5) is 4.39 Å². The van der Waals surface area contributed by atoms with Gasteiger partial charge in [-0.25, -0.2) is 4.39 Å². The number of rotatable bonds is 4. The Morgan fingerprint density at radius 1 is 1.24 bits per heavy atom. The molecule has 2 aliphatic heterocycles. The van der Waals surface area contributed by atoms with Gasteiger partial charge in [0, 0.05) is 26.2 Å². The maximum Gasteiger partial charge on any atom is 0.244 e. The second-order valence-corrected chi connectivity index (χ2v) is 6.95. The lowest BCUT2D eigenvalue weighted by molar-refractivity contribution is 0.187. The molecule has 3 heterocycles. The van der Waals surface area contributed by atoms with E-state index in [4.69, 9.17) is 9.51 Å². The fourth-order valence-electron chi connectivity index (χ4n) is 3.73. The molecule has 2 fully saturated rings. The van der Waals surface area contributed by atoms with Crippen LogP contribution in [0.5, 0.6) is 0 Å². The fraction of sp³-hybridized carbons (Fsp3) is 0.556. The minimum Gasteiger partial charge on any atom is -0.338 e. The number of aromatic nitrogens is 2. The molecule has 1 aromatic carbocycles. The molecular weight excluding hydrogens is 321 g/mol. The highest BCUT2D eigenvalue weighted by Crippen LogP contribution is 2.33. The zero-order valence-electron chi connectivity index (χ0n) is 14.5. The van der Waals surface area contributed by atoms with Crippen LogP contribution in [0.15, 0.2) is 28.8 Å². The van der Waals surface area contributed by atoms with Gasteiger partial charge in [0.05, 0.1) is 12.1 Å². The number of likely N-dealkylation sites (N-methyl/N-ethyl adjacent to an activating group) is 1. The smallest absolute Gasteiger partial charge is 0.244 e. The highest BCUT2D eigenvalue weighted by molar-refractivity contribution is 5.16. The third-order valence-electron chi connectivity index (χ3n) is 5.21. The summed E-state index contributed by atoms with van der Waals surface area (Å²) < 4.78 is 18.7. The molecular formula is C18H24FN5O. The molecule has 25 heavy (non-hydrogen) atoms. The number of hydrogen-bond acceptors (Lipinski definition) is 6. The van der Waals surface area contributed by atoms with Gasteiger partial charge in [-0.2, -0.15) is 4.98 Å². The molecule has 0 bridgehead atoms. The van der Waals surface area contributed by atoms with Crippen LogP contribution in [0.2, 0.25) is 0 Å². The number of nitrogens with one attached hydrogen (secondary N) is 1. The van der Waals surface area contributed by atoms with E-state index < -0.39 is 0 Å². The normalized spacial score (nSPS) is 25.5. The molecule has 0 spiro atoms. The summed E-state index contributed by atoms with van der Waals surface area (Å²) in [5.74, 6) is 1.26. The molecule has 1 N–H and O–H groups in total. The van der Waals surface area contributed by atoms with E-state index in [-0.39, 0.29) is 17.9 Å². The van der Waals surface area contributed by atoms with Crippen molar-refractivity contribution in [1.29, 1.82) is 0 Å². The average molecular weight is 345 g/mol. The van der Waals surface area contributed by atoms with Gasteiger partial charge < -0.3 is 9.84 Å². The summed E-state index contributed by atoms with van der Waals surface area (Å²) in [7, 11) is 2.10. The molecule has 0 aliphatic carbocycles. The topological polar surface area (TPSA) is 57.4 Å². The summed E-state index contributed by atoms with van der Waals surface area (Å²) in [4.78, 5) is 9.31. The van der Waals surface area contributed by atoms with Crippen LogP contribution in [0, 0.1) is 5.82 Å². The van der Waals surface area contributed by atoms with Crippen molar-refractivity contribution < 1.29 is 8.91 Å². The maximum atomic E-state index is 13.1. The van der Waals surface area contributed by atoms with Crippen LogP contribution >= 0.6 is 0 Å². The Balaban J connectivity index is 1.47. The summed E-state index contributed by atoms with van der Waals surface area (Å²) in [6.07, 6.45) is 2.12. The van der Waals surface area contributed by atoms with Gasteiger partial charge in [0.1, 0.15) is 5.82 Å². The molecule has 2 saturated heterocycles. The van der Waals surface area contributed by atoms with E-state index in [1.54, 1.807) is 0 Å². The average Bonchev–Trinajstić information content (AvgIpc) is 3.26. The highest BCUT2D eigenvalue weighted by Gasteiger charge is 2.32. The van der Waals surface area contributed by atoms with Gasteiger partial charge in [-0.05, 0) is 44.1 Å². The molecule has 2 atom stereocenters. The van der Waals surface area contributed by atoms with E-state index in [1.165, 1.54) is 12.1 Å². The summed E-state index contributed by atoms with van der Waals surface area (Å²) in [5.41, 5.74) is 1.10. The van der Waals surface area contributed by atoms with E-state index >= 15 is 0 Å². The number of benzene rings is 1. The van der Waals surface area contributed by atoms with Crippen molar-refractivity contribution >= 4 is 0 Å². The first-order chi connectivity index (χ1) is 12.2. The van der Waals surface area contributed by atoms with Crippen molar-refractivity contribution in [2.75, 3.05) is 33.2 Å². The van der Waals surface area contributed by atoms with Gasteiger partial charge in [0.2, 0.25) is 5.89 Å². The van der Waals surface area contributed by atoms with Crippen LogP contribution in [-0.2, 0) is 6.54 Å². The van der Waals surface area contributed by atoms with E-state index in [2.05, 4.69) is 27.3 Å². The predicted molar refractivity (Wildman–Crippen MR) is 91.3 cm³/mol. The first-order valence-electron chi connectivity index (χ1n) is 8.93. The van der Waals surface area contributed by atoms with Gasteiger partial charge in [-0.1, -0.05) is 17.3 Å². The molecule has 2 unspecified atom stereocenters. The fourth-order valence-corrected chi connectivity index (χ4v) is 3.73. The maximum absolute atomic E-state index is 13.1. The van der Waals surface area contributed by atoms with Gasteiger partial charge >= 0.3 is 0 Å². The standard InChI is InChI=1S/C18H24FN5O/c1-23-10-8-20-11-16(23)17-21-18(25-22-17)15-3-2-9-24(15)12-13-4-6-14(19)7-5-13/h4-7,15-16,20H,2-3,8-12H2,1H3. The zero-order chi connectivity index (χ0) is 17.2. The SMILES string of the molecule is CN1CCNCC1c1noc(C2CCCN2Cc2ccc(F)cc2)n1. The van der Waals surface area contributed by atoms with Crippen molar-refractivity contribution in [3.05, 3.63) is 47.4 Å². The Labute approximate surface area is 147 Å². The quantitative estimate of drug-likeness (QED) is 0.916. The second kappa shape index (κ2) is 7.19. The van der Waals surface area contributed by atoms with E-state index in [1.807, 2.05) is 12.1 Å². The molecule has 2 aliphatic rings. The minimum atomic E-state index is -0.200. The Hall–Kier alpha value is -1.83. The Kier molecular flexibility index (Phi) is 4.78. The first-order valence-corrected chi connectivity index (χ1v) is 8.93. The van der Waals surface area contributed by atoms with Crippen molar-refractivity contribution in [3.63, 3.8) is 0 Å². The molecule has 2 aromatic rings. The largest absolute Gasteiger partial charge is 0.338 e. The van der Waals surface area contributed by atoms with Crippen molar-refractivity contribution in [3.8, 4) is 0 Å². The van der Waals surface area contributed by atoms with Crippen LogP contribution < -0.4 is 5.32 Å². The zero-order valence-corrected chi connectivity index (χ0v) is 14.5.